The van der Waals surface area contributed by atoms with Crippen LogP contribution >= 0.6 is 0 Å². The summed E-state index contributed by atoms with van der Waals surface area (Å²) in [5, 5.41) is 19.4. The molecule has 2 fully saturated rings. The second-order valence-electron chi connectivity index (χ2n) is 10.3. The number of aliphatic hydroxyl groups excluding tert-OH is 2. The van der Waals surface area contributed by atoms with Crippen molar-refractivity contribution in [1.82, 2.24) is 4.90 Å². The highest BCUT2D eigenvalue weighted by Gasteiger charge is 2.40. The first-order valence-electron chi connectivity index (χ1n) is 13.3. The van der Waals surface area contributed by atoms with Gasteiger partial charge in [-0.25, -0.2) is 0 Å². The highest BCUT2D eigenvalue weighted by atomic mass is 16.7. The molecule has 0 aliphatic carbocycles. The van der Waals surface area contributed by atoms with Crippen LogP contribution in [0.25, 0.3) is 11.1 Å². The van der Waals surface area contributed by atoms with E-state index < -0.39 is 6.29 Å². The van der Waals surface area contributed by atoms with Crippen LogP contribution in [-0.4, -0.2) is 47.0 Å². The van der Waals surface area contributed by atoms with Crippen molar-refractivity contribution in [2.24, 2.45) is 11.7 Å². The number of rotatable bonds is 8. The molecule has 4 N–H and O–H groups in total. The van der Waals surface area contributed by atoms with Gasteiger partial charge in [-0.15, -0.1) is 0 Å². The van der Waals surface area contributed by atoms with Crippen molar-refractivity contribution in [1.29, 1.82) is 0 Å². The van der Waals surface area contributed by atoms with Gasteiger partial charge in [-0.2, -0.15) is 0 Å². The van der Waals surface area contributed by atoms with Gasteiger partial charge in [-0.05, 0) is 59.3 Å². The molecule has 0 saturated carbocycles. The lowest BCUT2D eigenvalue weighted by molar-refractivity contribution is -0.276. The van der Waals surface area contributed by atoms with E-state index in [1.54, 1.807) is 0 Å². The maximum absolute atomic E-state index is 9.88. The van der Waals surface area contributed by atoms with Crippen molar-refractivity contribution in [2.75, 3.05) is 19.7 Å². The van der Waals surface area contributed by atoms with Crippen LogP contribution in [0.2, 0.25) is 0 Å². The Labute approximate surface area is 219 Å². The maximum atomic E-state index is 9.88. The third-order valence-electron chi connectivity index (χ3n) is 7.90. The zero-order valence-electron chi connectivity index (χ0n) is 21.5. The molecule has 0 spiro atoms. The Hall–Kier alpha value is -2.58. The molecule has 6 heteroatoms. The Balaban J connectivity index is 1.45. The first-order chi connectivity index (χ1) is 18.1. The molecule has 2 heterocycles. The van der Waals surface area contributed by atoms with Gasteiger partial charge in [0.15, 0.2) is 6.29 Å². The number of aliphatic hydroxyl groups is 2. The SMILES string of the molecule is C[C@@H]1[C@H](CN2CCC[C@H]2CO)O[C@H](c2cccc(-c3cccc(CN)c3)c2)O[C@@H]1c1ccc(CO)cc1. The van der Waals surface area contributed by atoms with Crippen molar-refractivity contribution in [3.63, 3.8) is 0 Å². The van der Waals surface area contributed by atoms with Crippen molar-refractivity contribution in [2.45, 2.75) is 57.5 Å². The molecule has 3 aromatic carbocycles. The van der Waals surface area contributed by atoms with E-state index in [4.69, 9.17) is 15.2 Å². The molecular formula is C31H38N2O4. The fraction of sp³-hybridized carbons (Fsp3) is 0.419. The van der Waals surface area contributed by atoms with Gasteiger partial charge >= 0.3 is 0 Å². The molecule has 196 valence electrons. The smallest absolute Gasteiger partial charge is 0.184 e. The van der Waals surface area contributed by atoms with Gasteiger partial charge in [0.25, 0.3) is 0 Å². The topological polar surface area (TPSA) is 88.2 Å². The molecule has 3 aromatic rings. The second-order valence-corrected chi connectivity index (χ2v) is 10.3. The van der Waals surface area contributed by atoms with E-state index in [2.05, 4.69) is 42.2 Å². The summed E-state index contributed by atoms with van der Waals surface area (Å²) < 4.78 is 13.3. The summed E-state index contributed by atoms with van der Waals surface area (Å²) in [4.78, 5) is 2.37. The maximum Gasteiger partial charge on any atom is 0.184 e. The van der Waals surface area contributed by atoms with Gasteiger partial charge in [0, 0.05) is 30.6 Å². The minimum absolute atomic E-state index is 0.0192. The third kappa shape index (κ3) is 5.80. The largest absolute Gasteiger partial charge is 0.395 e. The lowest BCUT2D eigenvalue weighted by Crippen LogP contribution is -2.46. The summed E-state index contributed by atoms with van der Waals surface area (Å²) in [6, 6.07) is 24.9. The minimum atomic E-state index is -0.517. The van der Waals surface area contributed by atoms with E-state index in [1.807, 2.05) is 42.5 Å². The van der Waals surface area contributed by atoms with Crippen molar-refractivity contribution >= 4 is 0 Å². The number of nitrogens with two attached hydrogens (primary N) is 1. The Morgan fingerprint density at radius 3 is 2.38 bits per heavy atom. The van der Waals surface area contributed by atoms with Gasteiger partial charge in [0.2, 0.25) is 0 Å². The predicted octanol–water partition coefficient (Wildman–Crippen LogP) is 4.55. The van der Waals surface area contributed by atoms with Crippen LogP contribution < -0.4 is 5.73 Å². The summed E-state index contributed by atoms with van der Waals surface area (Å²) >= 11 is 0. The molecule has 2 saturated heterocycles. The number of hydrogen-bond acceptors (Lipinski definition) is 6. The summed E-state index contributed by atoms with van der Waals surface area (Å²) in [6.45, 7) is 4.62. The molecule has 0 aromatic heterocycles. The molecule has 5 rings (SSSR count). The summed E-state index contributed by atoms with van der Waals surface area (Å²) in [5.74, 6) is 0.112. The Bertz CT molecular complexity index is 1170. The molecule has 6 nitrogen and oxygen atoms in total. The minimum Gasteiger partial charge on any atom is -0.395 e. The van der Waals surface area contributed by atoms with Crippen LogP contribution in [0.3, 0.4) is 0 Å². The van der Waals surface area contributed by atoms with Crippen LogP contribution in [0.5, 0.6) is 0 Å². The normalized spacial score (nSPS) is 26.4. The van der Waals surface area contributed by atoms with E-state index in [-0.39, 0.29) is 37.4 Å². The first-order valence-corrected chi connectivity index (χ1v) is 13.3. The van der Waals surface area contributed by atoms with Crippen LogP contribution in [0.15, 0.2) is 72.8 Å². The Morgan fingerprint density at radius 2 is 1.65 bits per heavy atom. The molecule has 2 aliphatic heterocycles. The average molecular weight is 503 g/mol. The molecule has 2 aliphatic rings. The number of ether oxygens (including phenoxy) is 2. The van der Waals surface area contributed by atoms with Gasteiger partial charge in [0.1, 0.15) is 0 Å². The standard InChI is InChI=1S/C31H38N2O4/c1-21-29(18-33-14-4-9-28(33)20-35)36-31(37-30(21)24-12-10-22(19-34)11-13-24)27-8-3-7-26(16-27)25-6-2-5-23(15-25)17-32/h2-3,5-8,10-13,15-16,21,28-31,34-35H,4,9,14,17-20,32H2,1H3/t21-,28+,29+,30+,31+/m1/s1. The third-order valence-corrected chi connectivity index (χ3v) is 7.90. The number of hydrogen-bond donors (Lipinski definition) is 3. The van der Waals surface area contributed by atoms with Crippen molar-refractivity contribution in [3.8, 4) is 11.1 Å². The molecule has 0 radical (unpaired) electrons. The Kier molecular flexibility index (Phi) is 8.35. The molecule has 0 bridgehead atoms. The van der Waals surface area contributed by atoms with Crippen LogP contribution in [0, 0.1) is 5.92 Å². The lowest BCUT2D eigenvalue weighted by atomic mass is 9.89. The summed E-state index contributed by atoms with van der Waals surface area (Å²) in [5.41, 5.74) is 12.1. The molecule has 5 atom stereocenters. The predicted molar refractivity (Wildman–Crippen MR) is 144 cm³/mol. The van der Waals surface area contributed by atoms with E-state index in [9.17, 15) is 10.2 Å². The zero-order valence-corrected chi connectivity index (χ0v) is 21.5. The van der Waals surface area contributed by atoms with Crippen LogP contribution in [0.1, 0.15) is 54.4 Å². The van der Waals surface area contributed by atoms with E-state index in [1.165, 1.54) is 0 Å². The summed E-state index contributed by atoms with van der Waals surface area (Å²) in [6.07, 6.45) is 1.39. The summed E-state index contributed by atoms with van der Waals surface area (Å²) in [7, 11) is 0. The number of benzene rings is 3. The molecule has 0 amide bonds. The molecule has 0 unspecified atom stereocenters. The highest BCUT2D eigenvalue weighted by molar-refractivity contribution is 5.65. The second kappa shape index (κ2) is 11.9. The fourth-order valence-electron chi connectivity index (χ4n) is 5.64. The van der Waals surface area contributed by atoms with Crippen molar-refractivity contribution in [3.05, 3.63) is 95.1 Å². The van der Waals surface area contributed by atoms with E-state index >= 15 is 0 Å². The highest BCUT2D eigenvalue weighted by Crippen LogP contribution is 2.42. The van der Waals surface area contributed by atoms with Gasteiger partial charge in [-0.1, -0.05) is 67.6 Å². The number of nitrogens with zero attached hydrogens (tertiary/aromatic N) is 1. The quantitative estimate of drug-likeness (QED) is 0.419. The van der Waals surface area contributed by atoms with E-state index in [0.29, 0.717) is 6.54 Å². The average Bonchev–Trinajstić information content (AvgIpc) is 3.41. The zero-order chi connectivity index (χ0) is 25.8. The van der Waals surface area contributed by atoms with Gasteiger partial charge in [-0.3, -0.25) is 4.90 Å². The lowest BCUT2D eigenvalue weighted by Gasteiger charge is -2.43. The van der Waals surface area contributed by atoms with Crippen LogP contribution in [0.4, 0.5) is 0 Å². The fourth-order valence-corrected chi connectivity index (χ4v) is 5.64. The van der Waals surface area contributed by atoms with E-state index in [0.717, 1.165) is 59.3 Å². The van der Waals surface area contributed by atoms with Gasteiger partial charge < -0.3 is 25.4 Å². The molecule has 37 heavy (non-hydrogen) atoms. The van der Waals surface area contributed by atoms with Gasteiger partial charge in [0.05, 0.1) is 25.4 Å². The van der Waals surface area contributed by atoms with Crippen LogP contribution in [-0.2, 0) is 22.6 Å². The van der Waals surface area contributed by atoms with Crippen molar-refractivity contribution < 1.29 is 19.7 Å². The first kappa shape index (κ1) is 26.0. The Morgan fingerprint density at radius 1 is 0.892 bits per heavy atom. The monoisotopic (exact) mass is 502 g/mol. The molecular weight excluding hydrogens is 464 g/mol. The number of likely N-dealkylation sites (tertiary alicyclic amines) is 1.